The topological polar surface area (TPSA) is 60.4 Å². The molecule has 2 aromatic heterocycles. The van der Waals surface area contributed by atoms with Crippen LogP contribution in [-0.2, 0) is 16.1 Å². The lowest BCUT2D eigenvalue weighted by molar-refractivity contribution is -0.0309. The molecule has 1 aliphatic carbocycles. The molecule has 3 heterocycles. The molecule has 0 N–H and O–H groups in total. The third kappa shape index (κ3) is 3.25. The average Bonchev–Trinajstić information content (AvgIpc) is 3.07. The minimum Gasteiger partial charge on any atom is -0.376 e. The van der Waals surface area contributed by atoms with E-state index >= 15 is 0 Å². The summed E-state index contributed by atoms with van der Waals surface area (Å²) in [7, 11) is 0. The van der Waals surface area contributed by atoms with Crippen molar-refractivity contribution >= 4 is 5.82 Å². The van der Waals surface area contributed by atoms with Gasteiger partial charge in [0.25, 0.3) is 0 Å². The maximum atomic E-state index is 6.09. The van der Waals surface area contributed by atoms with E-state index in [0.717, 1.165) is 44.0 Å². The number of hydrogen-bond acceptors (Lipinski definition) is 6. The summed E-state index contributed by atoms with van der Waals surface area (Å²) in [6, 6.07) is 4.35. The second-order valence-electron chi connectivity index (χ2n) is 6.37. The summed E-state index contributed by atoms with van der Waals surface area (Å²) in [5, 5.41) is 0. The molecule has 3 atom stereocenters. The van der Waals surface area contributed by atoms with Gasteiger partial charge in [-0.25, -0.2) is 4.98 Å². The van der Waals surface area contributed by atoms with Crippen molar-refractivity contribution < 1.29 is 9.47 Å². The first-order valence-corrected chi connectivity index (χ1v) is 8.53. The molecule has 0 radical (unpaired) electrons. The first-order valence-electron chi connectivity index (χ1n) is 8.53. The minimum absolute atomic E-state index is 0.217. The lowest BCUT2D eigenvalue weighted by Gasteiger charge is -2.39. The number of hydrogen-bond donors (Lipinski definition) is 0. The predicted molar refractivity (Wildman–Crippen MR) is 89.5 cm³/mol. The maximum absolute atomic E-state index is 6.09. The Bertz CT molecular complexity index is 640. The van der Waals surface area contributed by atoms with Gasteiger partial charge in [0.1, 0.15) is 5.82 Å². The first-order chi connectivity index (χ1) is 11.9. The molecule has 6 nitrogen and oxygen atoms in total. The molecule has 2 fully saturated rings. The minimum atomic E-state index is 0.217. The molecule has 1 saturated heterocycles. The van der Waals surface area contributed by atoms with Gasteiger partial charge >= 0.3 is 0 Å². The van der Waals surface area contributed by atoms with E-state index in [2.05, 4.69) is 19.9 Å². The third-order valence-electron chi connectivity index (χ3n) is 4.89. The largest absolute Gasteiger partial charge is 0.376 e. The number of aromatic nitrogens is 3. The van der Waals surface area contributed by atoms with Gasteiger partial charge in [-0.2, -0.15) is 0 Å². The molecule has 1 saturated carbocycles. The van der Waals surface area contributed by atoms with Gasteiger partial charge in [-0.3, -0.25) is 9.97 Å². The molecular weight excluding hydrogens is 304 g/mol. The van der Waals surface area contributed by atoms with Crippen LogP contribution in [0.1, 0.15) is 18.4 Å². The zero-order valence-corrected chi connectivity index (χ0v) is 13.6. The van der Waals surface area contributed by atoms with E-state index in [4.69, 9.17) is 9.47 Å². The van der Waals surface area contributed by atoms with Gasteiger partial charge in [-0.05, 0) is 24.5 Å². The van der Waals surface area contributed by atoms with Crippen molar-refractivity contribution in [2.24, 2.45) is 5.92 Å². The van der Waals surface area contributed by atoms with Crippen LogP contribution in [0.4, 0.5) is 5.82 Å². The van der Waals surface area contributed by atoms with E-state index in [1.165, 1.54) is 0 Å². The zero-order chi connectivity index (χ0) is 16.2. The number of anilines is 1. The second kappa shape index (κ2) is 7.23. The van der Waals surface area contributed by atoms with Crippen LogP contribution >= 0.6 is 0 Å². The Hall–Kier alpha value is -2.05. The number of fused-ring (bicyclic) bond motifs is 1. The van der Waals surface area contributed by atoms with Crippen LogP contribution in [0.5, 0.6) is 0 Å². The van der Waals surface area contributed by atoms with Crippen LogP contribution in [0.3, 0.4) is 0 Å². The van der Waals surface area contributed by atoms with Crippen LogP contribution in [-0.4, -0.2) is 46.9 Å². The van der Waals surface area contributed by atoms with E-state index in [0.29, 0.717) is 18.6 Å². The third-order valence-corrected chi connectivity index (χ3v) is 4.89. The molecule has 6 heteroatoms. The molecule has 24 heavy (non-hydrogen) atoms. The average molecular weight is 326 g/mol. The summed E-state index contributed by atoms with van der Waals surface area (Å²) in [6.45, 7) is 2.94. The Morgan fingerprint density at radius 2 is 2.12 bits per heavy atom. The molecular formula is C18H22N4O2. The maximum Gasteiger partial charge on any atom is 0.147 e. The van der Waals surface area contributed by atoms with Gasteiger partial charge in [0.15, 0.2) is 0 Å². The van der Waals surface area contributed by atoms with Crippen LogP contribution in [0, 0.1) is 5.92 Å². The van der Waals surface area contributed by atoms with Crippen LogP contribution in [0.15, 0.2) is 43.1 Å². The quantitative estimate of drug-likeness (QED) is 0.838. The van der Waals surface area contributed by atoms with Crippen molar-refractivity contribution in [2.45, 2.75) is 31.6 Å². The summed E-state index contributed by atoms with van der Waals surface area (Å²) < 4.78 is 12.0. The Balaban J connectivity index is 1.36. The lowest BCUT2D eigenvalue weighted by Crippen LogP contribution is -2.51. The molecule has 0 unspecified atom stereocenters. The highest BCUT2D eigenvalue weighted by Gasteiger charge is 2.43. The molecule has 126 valence electrons. The van der Waals surface area contributed by atoms with Crippen molar-refractivity contribution in [2.75, 3.05) is 24.7 Å². The van der Waals surface area contributed by atoms with Crippen molar-refractivity contribution in [3.8, 4) is 0 Å². The predicted octanol–water partition coefficient (Wildman–Crippen LogP) is 2.07. The summed E-state index contributed by atoms with van der Waals surface area (Å²) in [5.41, 5.74) is 1.11. The smallest absolute Gasteiger partial charge is 0.147 e. The Morgan fingerprint density at radius 3 is 2.96 bits per heavy atom. The molecule has 4 rings (SSSR count). The summed E-state index contributed by atoms with van der Waals surface area (Å²) >= 11 is 0. The van der Waals surface area contributed by atoms with E-state index in [1.807, 2.05) is 24.5 Å². The van der Waals surface area contributed by atoms with Crippen molar-refractivity contribution in [3.63, 3.8) is 0 Å². The summed E-state index contributed by atoms with van der Waals surface area (Å²) in [5.74, 6) is 1.39. The fourth-order valence-electron chi connectivity index (χ4n) is 3.77. The molecule has 0 aromatic carbocycles. The number of ether oxygens (including phenoxy) is 2. The Kier molecular flexibility index (Phi) is 4.66. The van der Waals surface area contributed by atoms with Gasteiger partial charge in [0, 0.05) is 37.3 Å². The Labute approximate surface area is 141 Å². The summed E-state index contributed by atoms with van der Waals surface area (Å²) in [6.07, 6.45) is 11.4. The standard InChI is InChI=1S/C18H22N4O2/c1-2-14(10-19-5-1)12-23-13-15-3-4-16-18(15)24-9-8-22(16)17-11-20-6-7-21-17/h1-2,5-7,10-11,15-16,18H,3-4,8-9,12-13H2/t15-,16+,18+/m0/s1. The lowest BCUT2D eigenvalue weighted by atomic mass is 10.0. The number of nitrogens with zero attached hydrogens (tertiary/aromatic N) is 4. The number of morpholine rings is 1. The number of rotatable bonds is 5. The normalized spacial score (nSPS) is 26.3. The highest BCUT2D eigenvalue weighted by molar-refractivity contribution is 5.38. The monoisotopic (exact) mass is 326 g/mol. The van der Waals surface area contributed by atoms with Gasteiger partial charge < -0.3 is 14.4 Å². The van der Waals surface area contributed by atoms with Gasteiger partial charge in [0.2, 0.25) is 0 Å². The van der Waals surface area contributed by atoms with Crippen LogP contribution in [0.25, 0.3) is 0 Å². The van der Waals surface area contributed by atoms with E-state index in [9.17, 15) is 0 Å². The van der Waals surface area contributed by atoms with Gasteiger partial charge in [-0.15, -0.1) is 0 Å². The Morgan fingerprint density at radius 1 is 1.17 bits per heavy atom. The molecule has 0 spiro atoms. The first kappa shape index (κ1) is 15.5. The molecule has 2 aliphatic rings. The van der Waals surface area contributed by atoms with E-state index in [1.54, 1.807) is 18.6 Å². The molecule has 0 amide bonds. The molecule has 0 bridgehead atoms. The van der Waals surface area contributed by atoms with Crippen molar-refractivity contribution in [3.05, 3.63) is 48.7 Å². The highest BCUT2D eigenvalue weighted by atomic mass is 16.5. The van der Waals surface area contributed by atoms with Gasteiger partial charge in [0.05, 0.1) is 38.2 Å². The van der Waals surface area contributed by atoms with Crippen LogP contribution < -0.4 is 4.90 Å². The van der Waals surface area contributed by atoms with E-state index < -0.39 is 0 Å². The summed E-state index contributed by atoms with van der Waals surface area (Å²) in [4.78, 5) is 15.1. The van der Waals surface area contributed by atoms with E-state index in [-0.39, 0.29) is 6.10 Å². The van der Waals surface area contributed by atoms with Crippen molar-refractivity contribution in [1.29, 1.82) is 0 Å². The van der Waals surface area contributed by atoms with Crippen molar-refractivity contribution in [1.82, 2.24) is 15.0 Å². The fraction of sp³-hybridized carbons (Fsp3) is 0.500. The fourth-order valence-corrected chi connectivity index (χ4v) is 3.77. The zero-order valence-electron chi connectivity index (χ0n) is 13.6. The van der Waals surface area contributed by atoms with Gasteiger partial charge in [-0.1, -0.05) is 6.07 Å². The highest BCUT2D eigenvalue weighted by Crippen LogP contribution is 2.36. The molecule has 2 aromatic rings. The SMILES string of the molecule is c1cncc(COC[C@@H]2CC[C@@H]3[C@@H]2OCCN3c2cnccn2)c1. The van der Waals surface area contributed by atoms with Crippen LogP contribution in [0.2, 0.25) is 0 Å². The number of pyridine rings is 1. The second-order valence-corrected chi connectivity index (χ2v) is 6.37. The molecule has 1 aliphatic heterocycles.